The van der Waals surface area contributed by atoms with Crippen LogP contribution >= 0.6 is 0 Å². The lowest BCUT2D eigenvalue weighted by molar-refractivity contribution is -0.141. The molecular weight excluding hydrogens is 677 g/mol. The van der Waals surface area contributed by atoms with Crippen LogP contribution in [-0.2, 0) is 27.0 Å². The van der Waals surface area contributed by atoms with Crippen LogP contribution in [-0.4, -0.2) is 99.8 Å². The molecule has 3 amide bonds. The van der Waals surface area contributed by atoms with E-state index in [2.05, 4.69) is 25.3 Å². The average molecular weight is 717 g/mol. The molecule has 0 aliphatic carbocycles. The summed E-state index contributed by atoms with van der Waals surface area (Å²) in [5, 5.41) is 7.31. The van der Waals surface area contributed by atoms with Gasteiger partial charge in [-0.3, -0.25) is 24.2 Å². The Hall–Kier alpha value is -5.41. The summed E-state index contributed by atoms with van der Waals surface area (Å²) in [7, 11) is 1.72. The molecule has 0 spiro atoms. The van der Waals surface area contributed by atoms with Gasteiger partial charge in [0.05, 0.1) is 25.1 Å². The van der Waals surface area contributed by atoms with Gasteiger partial charge in [-0.05, 0) is 43.2 Å². The molecular formula is C37H39F3N8O4. The van der Waals surface area contributed by atoms with Crippen molar-refractivity contribution >= 4 is 23.5 Å². The predicted molar refractivity (Wildman–Crippen MR) is 186 cm³/mol. The number of nitrogens with one attached hydrogen (secondary N) is 1. The number of rotatable bonds is 10. The number of alkyl halides is 3. The zero-order valence-electron chi connectivity index (χ0n) is 29.0. The van der Waals surface area contributed by atoms with E-state index in [0.717, 1.165) is 24.8 Å². The van der Waals surface area contributed by atoms with Crippen molar-refractivity contribution in [3.63, 3.8) is 0 Å². The molecule has 4 heterocycles. The van der Waals surface area contributed by atoms with Crippen molar-refractivity contribution < 1.29 is 32.3 Å². The second kappa shape index (κ2) is 15.5. The molecule has 1 N–H and O–H groups in total. The van der Waals surface area contributed by atoms with Gasteiger partial charge in [0, 0.05) is 63.0 Å². The Morgan fingerprint density at radius 3 is 2.52 bits per heavy atom. The molecule has 2 aliphatic heterocycles. The number of likely N-dealkylation sites (N-methyl/N-ethyl adjacent to an activating group) is 2. The second-order valence-corrected chi connectivity index (χ2v) is 12.6. The lowest BCUT2D eigenvalue weighted by Crippen LogP contribution is -2.55. The van der Waals surface area contributed by atoms with E-state index in [1.165, 1.54) is 4.90 Å². The molecule has 0 saturated carbocycles. The van der Waals surface area contributed by atoms with Gasteiger partial charge in [0.2, 0.25) is 5.82 Å². The van der Waals surface area contributed by atoms with Crippen molar-refractivity contribution in [2.24, 2.45) is 0 Å². The average Bonchev–Trinajstić information content (AvgIpc) is 3.59. The summed E-state index contributed by atoms with van der Waals surface area (Å²) in [6.45, 7) is 7.32. The first-order valence-electron chi connectivity index (χ1n) is 17.0. The maximum atomic E-state index is 14.4. The van der Waals surface area contributed by atoms with Gasteiger partial charge in [-0.15, -0.1) is 0 Å². The number of fused-ring (bicyclic) bond motifs is 1. The van der Waals surface area contributed by atoms with Crippen LogP contribution in [0.2, 0.25) is 0 Å². The van der Waals surface area contributed by atoms with Crippen LogP contribution in [0.3, 0.4) is 0 Å². The summed E-state index contributed by atoms with van der Waals surface area (Å²) in [5.74, 6) is -2.68. The third-order valence-electron chi connectivity index (χ3n) is 9.18. The highest BCUT2D eigenvalue weighted by Crippen LogP contribution is 2.41. The highest BCUT2D eigenvalue weighted by Gasteiger charge is 2.45. The van der Waals surface area contributed by atoms with Crippen LogP contribution in [0.25, 0.3) is 5.69 Å². The number of ether oxygens (including phenoxy) is 1. The number of benzene rings is 2. The fourth-order valence-electron chi connectivity index (χ4n) is 6.61. The normalized spacial score (nSPS) is 18.2. The Kier molecular flexibility index (Phi) is 10.8. The summed E-state index contributed by atoms with van der Waals surface area (Å²) in [6, 6.07) is 16.0. The van der Waals surface area contributed by atoms with Crippen LogP contribution in [0, 0.1) is 0 Å². The van der Waals surface area contributed by atoms with Crippen LogP contribution in [0.5, 0.6) is 0 Å². The summed E-state index contributed by atoms with van der Waals surface area (Å²) in [6.07, 6.45) is -0.488. The SMILES string of the molecule is C/C=C(\CN1CCOCC1)C(=O)N(C)Cc1cccc([C@@H]2c3cnn(-c4ccccc4)c3N(CC)C(=O)[C@H]2NC(=O)c2nccc(C(F)(F)F)n2)c1. The zero-order chi connectivity index (χ0) is 37.0. The van der Waals surface area contributed by atoms with E-state index in [1.54, 1.807) is 35.8 Å². The van der Waals surface area contributed by atoms with Gasteiger partial charge in [0.1, 0.15) is 17.6 Å². The highest BCUT2D eigenvalue weighted by atomic mass is 19.4. The number of morpholine rings is 1. The van der Waals surface area contributed by atoms with Crippen LogP contribution < -0.4 is 10.2 Å². The van der Waals surface area contributed by atoms with Crippen LogP contribution in [0.4, 0.5) is 19.0 Å². The monoisotopic (exact) mass is 716 g/mol. The molecule has 4 aromatic rings. The molecule has 2 aromatic heterocycles. The Bertz CT molecular complexity index is 1960. The quantitative estimate of drug-likeness (QED) is 0.242. The minimum atomic E-state index is -4.80. The molecule has 1 fully saturated rings. The summed E-state index contributed by atoms with van der Waals surface area (Å²) < 4.78 is 47.5. The van der Waals surface area contributed by atoms with E-state index in [-0.39, 0.29) is 19.0 Å². The van der Waals surface area contributed by atoms with E-state index in [0.29, 0.717) is 54.0 Å². The van der Waals surface area contributed by atoms with Gasteiger partial charge in [-0.25, -0.2) is 14.6 Å². The number of hydrogen-bond donors (Lipinski definition) is 1. The number of aromatic nitrogens is 4. The number of allylic oxidation sites excluding steroid dienone is 1. The summed E-state index contributed by atoms with van der Waals surface area (Å²) in [4.78, 5) is 54.0. The van der Waals surface area contributed by atoms with Crippen molar-refractivity contribution in [1.82, 2.24) is 34.9 Å². The third-order valence-corrected chi connectivity index (χ3v) is 9.18. The molecule has 6 rings (SSSR count). The van der Waals surface area contributed by atoms with Gasteiger partial charge < -0.3 is 15.0 Å². The molecule has 2 aromatic carbocycles. The lowest BCUT2D eigenvalue weighted by Gasteiger charge is -2.38. The number of para-hydroxylation sites is 1. The Morgan fingerprint density at radius 2 is 1.83 bits per heavy atom. The van der Waals surface area contributed by atoms with Crippen molar-refractivity contribution in [2.75, 3.05) is 51.3 Å². The van der Waals surface area contributed by atoms with Gasteiger partial charge >= 0.3 is 6.18 Å². The first kappa shape index (κ1) is 36.4. The van der Waals surface area contributed by atoms with Crippen LogP contribution in [0.15, 0.2) is 84.7 Å². The molecule has 0 unspecified atom stereocenters. The maximum Gasteiger partial charge on any atom is 0.433 e. The van der Waals surface area contributed by atoms with Crippen LogP contribution in [0.1, 0.15) is 52.8 Å². The smallest absolute Gasteiger partial charge is 0.379 e. The zero-order valence-corrected chi connectivity index (χ0v) is 29.0. The van der Waals surface area contributed by atoms with E-state index < -0.39 is 41.5 Å². The molecule has 1 saturated heterocycles. The van der Waals surface area contributed by atoms with Gasteiger partial charge in [0.15, 0.2) is 0 Å². The number of hydrogen-bond acceptors (Lipinski definition) is 8. The number of halogens is 3. The minimum Gasteiger partial charge on any atom is -0.379 e. The fourth-order valence-corrected chi connectivity index (χ4v) is 6.61. The largest absolute Gasteiger partial charge is 0.433 e. The number of amides is 3. The van der Waals surface area contributed by atoms with Crippen molar-refractivity contribution in [3.05, 3.63) is 113 Å². The second-order valence-electron chi connectivity index (χ2n) is 12.6. The molecule has 0 bridgehead atoms. The Labute approximate surface area is 298 Å². The van der Waals surface area contributed by atoms with Crippen molar-refractivity contribution in [1.29, 1.82) is 0 Å². The van der Waals surface area contributed by atoms with E-state index >= 15 is 0 Å². The highest BCUT2D eigenvalue weighted by molar-refractivity contribution is 6.04. The molecule has 2 aliphatic rings. The van der Waals surface area contributed by atoms with Crippen molar-refractivity contribution in [2.45, 2.75) is 38.5 Å². The predicted octanol–water partition coefficient (Wildman–Crippen LogP) is 4.22. The lowest BCUT2D eigenvalue weighted by atomic mass is 9.82. The van der Waals surface area contributed by atoms with Gasteiger partial charge in [0.25, 0.3) is 17.7 Å². The van der Waals surface area contributed by atoms with E-state index in [9.17, 15) is 27.6 Å². The van der Waals surface area contributed by atoms with Gasteiger partial charge in [-0.2, -0.15) is 18.3 Å². The van der Waals surface area contributed by atoms with Gasteiger partial charge in [-0.1, -0.05) is 48.5 Å². The number of carbonyl (C=O) groups is 3. The van der Waals surface area contributed by atoms with E-state index in [1.807, 2.05) is 61.5 Å². The molecule has 15 heteroatoms. The van der Waals surface area contributed by atoms with Crippen molar-refractivity contribution in [3.8, 4) is 5.69 Å². The third kappa shape index (κ3) is 7.60. The molecule has 52 heavy (non-hydrogen) atoms. The first-order valence-corrected chi connectivity index (χ1v) is 17.0. The fraction of sp³-hybridized carbons (Fsp3) is 0.351. The summed E-state index contributed by atoms with van der Waals surface area (Å²) in [5.41, 5.74) is 2.10. The number of nitrogens with zero attached hydrogens (tertiary/aromatic N) is 7. The molecule has 272 valence electrons. The topological polar surface area (TPSA) is 126 Å². The minimum absolute atomic E-state index is 0.122. The maximum absolute atomic E-state index is 14.4. The Morgan fingerprint density at radius 1 is 1.08 bits per heavy atom. The Balaban J connectivity index is 1.35. The number of carbonyl (C=O) groups excluding carboxylic acids is 3. The standard InChI is InChI=1S/C37H39F3N8O4/c1-4-25(23-46-16-18-52-19-17-46)35(50)45(3)22-24-10-9-11-26(20-24)30-28-21-42-48(27-12-7-6-8-13-27)34(28)47(5-2)36(51)31(30)44-33(49)32-41-15-14-29(43-32)37(38,39)40/h4,6-15,20-21,30-31H,5,16-19,22-23H2,1-3H3,(H,44,49)/b25-4+/t30-,31+/m1/s1. The van der Waals surface area contributed by atoms with E-state index in [4.69, 9.17) is 4.74 Å². The molecule has 0 radical (unpaired) electrons. The summed E-state index contributed by atoms with van der Waals surface area (Å²) >= 11 is 0. The number of anilines is 1. The first-order chi connectivity index (χ1) is 25.0. The molecule has 12 nitrogen and oxygen atoms in total. The molecule has 2 atom stereocenters.